The molecule has 2 nitrogen and oxygen atoms in total. The van der Waals surface area contributed by atoms with E-state index in [2.05, 4.69) is 42.3 Å². The first-order valence-electron chi connectivity index (χ1n) is 7.46. The number of nitrogens with one attached hydrogen (secondary N) is 1. The minimum Gasteiger partial charge on any atom is -0.461 e. The second-order valence-electron chi connectivity index (χ2n) is 4.96. The van der Waals surface area contributed by atoms with Crippen molar-refractivity contribution in [2.75, 3.05) is 6.54 Å². The molecule has 106 valence electrons. The molecule has 1 aromatic carbocycles. The summed E-state index contributed by atoms with van der Waals surface area (Å²) in [5.41, 5.74) is 2.32. The molecule has 2 heteroatoms. The van der Waals surface area contributed by atoms with Crippen LogP contribution < -0.4 is 5.32 Å². The van der Waals surface area contributed by atoms with E-state index in [1.807, 2.05) is 13.0 Å². The summed E-state index contributed by atoms with van der Waals surface area (Å²) in [6.45, 7) is 5.88. The first-order chi connectivity index (χ1) is 9.86. The van der Waals surface area contributed by atoms with Gasteiger partial charge in [0, 0.05) is 36.9 Å². The Morgan fingerprint density at radius 1 is 1.25 bits per heavy atom. The lowest BCUT2D eigenvalue weighted by Gasteiger charge is -2.04. The number of rotatable bonds is 7. The van der Waals surface area contributed by atoms with Gasteiger partial charge in [-0.2, -0.15) is 0 Å². The number of hydrogen-bond acceptors (Lipinski definition) is 2. The molecule has 2 aromatic rings. The second kappa shape index (κ2) is 7.77. The number of hydrogen-bond donors (Lipinski definition) is 1. The predicted octanol–water partition coefficient (Wildman–Crippen LogP) is 4.28. The molecule has 0 aliphatic rings. The van der Waals surface area contributed by atoms with Gasteiger partial charge in [0.05, 0.1) is 0 Å². The van der Waals surface area contributed by atoms with Gasteiger partial charge >= 0.3 is 0 Å². The van der Waals surface area contributed by atoms with Gasteiger partial charge in [-0.1, -0.05) is 31.5 Å². The van der Waals surface area contributed by atoms with Crippen molar-refractivity contribution in [2.45, 2.75) is 46.1 Å². The van der Waals surface area contributed by atoms with E-state index in [0.29, 0.717) is 0 Å². The third-order valence-electron chi connectivity index (χ3n) is 3.44. The first kappa shape index (κ1) is 14.7. The van der Waals surface area contributed by atoms with Crippen molar-refractivity contribution in [3.8, 4) is 11.8 Å². The van der Waals surface area contributed by atoms with Gasteiger partial charge < -0.3 is 9.73 Å². The van der Waals surface area contributed by atoms with Crippen LogP contribution in [0.5, 0.6) is 0 Å². The van der Waals surface area contributed by atoms with E-state index in [0.717, 1.165) is 37.3 Å². The maximum absolute atomic E-state index is 6.01. The summed E-state index contributed by atoms with van der Waals surface area (Å²) < 4.78 is 6.01. The maximum Gasteiger partial charge on any atom is 0.134 e. The Labute approximate surface area is 121 Å². The summed E-state index contributed by atoms with van der Waals surface area (Å²) in [4.78, 5) is 0. The molecule has 0 fully saturated rings. The molecule has 20 heavy (non-hydrogen) atoms. The zero-order valence-electron chi connectivity index (χ0n) is 12.5. The summed E-state index contributed by atoms with van der Waals surface area (Å²) in [6, 6.07) is 8.31. The van der Waals surface area contributed by atoms with Crippen LogP contribution in [0, 0.1) is 11.8 Å². The Kier molecular flexibility index (Phi) is 5.70. The Hall–Kier alpha value is -1.72. The van der Waals surface area contributed by atoms with Crippen molar-refractivity contribution in [3.63, 3.8) is 0 Å². The lowest BCUT2D eigenvalue weighted by molar-refractivity contribution is 0.525. The minimum absolute atomic E-state index is 0.863. The van der Waals surface area contributed by atoms with Crippen LogP contribution >= 0.6 is 0 Å². The van der Waals surface area contributed by atoms with Crippen LogP contribution in [0.25, 0.3) is 11.0 Å². The number of unbranched alkanes of at least 4 members (excludes halogenated alkanes) is 1. The SMILES string of the molecule is CC#CCCNCc1c(CCCC)oc2ccccc12. The Morgan fingerprint density at radius 3 is 2.90 bits per heavy atom. The predicted molar refractivity (Wildman–Crippen MR) is 84.6 cm³/mol. The summed E-state index contributed by atoms with van der Waals surface area (Å²) in [5, 5.41) is 4.71. The summed E-state index contributed by atoms with van der Waals surface area (Å²) in [6.07, 6.45) is 4.29. The normalized spacial score (nSPS) is 10.5. The molecule has 0 aliphatic heterocycles. The van der Waals surface area contributed by atoms with Crippen molar-refractivity contribution >= 4 is 11.0 Å². The second-order valence-corrected chi connectivity index (χ2v) is 4.96. The molecule has 0 aliphatic carbocycles. The van der Waals surface area contributed by atoms with E-state index in [-0.39, 0.29) is 0 Å². The molecule has 0 unspecified atom stereocenters. The molecule has 1 aromatic heterocycles. The standard InChI is InChI=1S/C18H23NO/c1-3-5-9-13-19-14-16-15-10-7-8-12-17(15)20-18(16)11-6-4-2/h7-8,10,12,19H,4,6,9,11,13-14H2,1-2H3. The largest absolute Gasteiger partial charge is 0.461 e. The zero-order chi connectivity index (χ0) is 14.2. The van der Waals surface area contributed by atoms with Crippen molar-refractivity contribution in [1.82, 2.24) is 5.32 Å². The molecule has 1 N–H and O–H groups in total. The van der Waals surface area contributed by atoms with E-state index in [1.165, 1.54) is 23.8 Å². The Bertz CT molecular complexity index is 601. The van der Waals surface area contributed by atoms with Crippen molar-refractivity contribution < 1.29 is 4.42 Å². The smallest absolute Gasteiger partial charge is 0.134 e. The Morgan fingerprint density at radius 2 is 2.10 bits per heavy atom. The third kappa shape index (κ3) is 3.65. The van der Waals surface area contributed by atoms with Crippen LogP contribution in [0.1, 0.15) is 44.4 Å². The number of fused-ring (bicyclic) bond motifs is 1. The monoisotopic (exact) mass is 269 g/mol. The van der Waals surface area contributed by atoms with E-state index in [9.17, 15) is 0 Å². The van der Waals surface area contributed by atoms with Crippen molar-refractivity contribution in [1.29, 1.82) is 0 Å². The molecule has 0 radical (unpaired) electrons. The Balaban J connectivity index is 2.12. The van der Waals surface area contributed by atoms with Gasteiger partial charge in [-0.15, -0.1) is 11.8 Å². The van der Waals surface area contributed by atoms with Crippen molar-refractivity contribution in [2.24, 2.45) is 0 Å². The molecule has 1 heterocycles. The highest BCUT2D eigenvalue weighted by Crippen LogP contribution is 2.27. The first-order valence-corrected chi connectivity index (χ1v) is 7.46. The van der Waals surface area contributed by atoms with Crippen LogP contribution in [0.3, 0.4) is 0 Å². The highest BCUT2D eigenvalue weighted by Gasteiger charge is 2.12. The summed E-state index contributed by atoms with van der Waals surface area (Å²) in [5.74, 6) is 7.14. The van der Waals surface area contributed by atoms with Crippen LogP contribution in [0.15, 0.2) is 28.7 Å². The average Bonchev–Trinajstić information content (AvgIpc) is 2.83. The van der Waals surface area contributed by atoms with Gasteiger partial charge in [-0.05, 0) is 19.4 Å². The summed E-state index contributed by atoms with van der Waals surface area (Å²) in [7, 11) is 0. The summed E-state index contributed by atoms with van der Waals surface area (Å²) >= 11 is 0. The van der Waals surface area contributed by atoms with Gasteiger partial charge in [0.2, 0.25) is 0 Å². The number of benzene rings is 1. The van der Waals surface area contributed by atoms with Crippen molar-refractivity contribution in [3.05, 3.63) is 35.6 Å². The quantitative estimate of drug-likeness (QED) is 0.599. The molecular weight excluding hydrogens is 246 g/mol. The molecule has 0 bridgehead atoms. The fourth-order valence-corrected chi connectivity index (χ4v) is 2.37. The topological polar surface area (TPSA) is 25.2 Å². The fourth-order valence-electron chi connectivity index (χ4n) is 2.37. The van der Waals surface area contributed by atoms with Gasteiger partial charge in [-0.3, -0.25) is 0 Å². The molecule has 0 saturated carbocycles. The van der Waals surface area contributed by atoms with Gasteiger partial charge in [-0.25, -0.2) is 0 Å². The van der Waals surface area contributed by atoms with Gasteiger partial charge in [0.15, 0.2) is 0 Å². The fraction of sp³-hybridized carbons (Fsp3) is 0.444. The van der Waals surface area contributed by atoms with Crippen LogP contribution in [-0.2, 0) is 13.0 Å². The minimum atomic E-state index is 0.863. The third-order valence-corrected chi connectivity index (χ3v) is 3.44. The number of para-hydroxylation sites is 1. The van der Waals surface area contributed by atoms with E-state index in [1.54, 1.807) is 0 Å². The van der Waals surface area contributed by atoms with E-state index < -0.39 is 0 Å². The number of aryl methyl sites for hydroxylation is 1. The molecular formula is C18H23NO. The van der Waals surface area contributed by atoms with Gasteiger partial charge in [0.1, 0.15) is 11.3 Å². The molecule has 0 saturated heterocycles. The van der Waals surface area contributed by atoms with E-state index >= 15 is 0 Å². The van der Waals surface area contributed by atoms with E-state index in [4.69, 9.17) is 4.42 Å². The van der Waals surface area contributed by atoms with Crippen LogP contribution in [0.4, 0.5) is 0 Å². The zero-order valence-corrected chi connectivity index (χ0v) is 12.5. The van der Waals surface area contributed by atoms with Gasteiger partial charge in [0.25, 0.3) is 0 Å². The van der Waals surface area contributed by atoms with Crippen LogP contribution in [-0.4, -0.2) is 6.54 Å². The maximum atomic E-state index is 6.01. The molecule has 0 atom stereocenters. The molecule has 0 amide bonds. The molecule has 0 spiro atoms. The lowest BCUT2D eigenvalue weighted by Crippen LogP contribution is -2.15. The lowest BCUT2D eigenvalue weighted by atomic mass is 10.1. The highest BCUT2D eigenvalue weighted by atomic mass is 16.3. The molecule has 2 rings (SSSR count). The number of furan rings is 1. The highest BCUT2D eigenvalue weighted by molar-refractivity contribution is 5.82. The van der Waals surface area contributed by atoms with Crippen LogP contribution in [0.2, 0.25) is 0 Å². The average molecular weight is 269 g/mol.